The minimum absolute atomic E-state index is 0.00808. The molecule has 1 unspecified atom stereocenters. The Balaban J connectivity index is 2.23. The average Bonchev–Trinajstić information content (AvgIpc) is 2.86. The summed E-state index contributed by atoms with van der Waals surface area (Å²) in [6.07, 6.45) is 0. The monoisotopic (exact) mass is 355 g/mol. The predicted octanol–water partition coefficient (Wildman–Crippen LogP) is 4.87. The van der Waals surface area contributed by atoms with Gasteiger partial charge in [-0.05, 0) is 53.5 Å². The van der Waals surface area contributed by atoms with Crippen molar-refractivity contribution < 1.29 is 9.18 Å². The molecule has 1 amide bonds. The minimum atomic E-state index is -0.267. The molecule has 0 fully saturated rings. The summed E-state index contributed by atoms with van der Waals surface area (Å²) < 4.78 is 13.9. The first-order chi connectivity index (χ1) is 9.52. The topological polar surface area (TPSA) is 20.3 Å². The molecule has 0 aliphatic heterocycles. The van der Waals surface area contributed by atoms with Crippen molar-refractivity contribution in [1.82, 2.24) is 4.90 Å². The Morgan fingerprint density at radius 2 is 2.05 bits per heavy atom. The van der Waals surface area contributed by atoms with Crippen LogP contribution in [0.15, 0.2) is 39.5 Å². The molecular formula is C15H15BrFNOS. The molecule has 0 bridgehead atoms. The van der Waals surface area contributed by atoms with Crippen molar-refractivity contribution in [3.8, 4) is 0 Å². The van der Waals surface area contributed by atoms with Crippen LogP contribution < -0.4 is 0 Å². The van der Waals surface area contributed by atoms with E-state index in [1.165, 1.54) is 23.5 Å². The molecule has 0 aliphatic carbocycles. The summed E-state index contributed by atoms with van der Waals surface area (Å²) in [5.41, 5.74) is 1.61. The number of hydrogen-bond acceptors (Lipinski definition) is 2. The van der Waals surface area contributed by atoms with E-state index in [0.717, 1.165) is 9.35 Å². The van der Waals surface area contributed by atoms with Gasteiger partial charge in [-0.25, -0.2) is 4.39 Å². The van der Waals surface area contributed by atoms with Crippen LogP contribution in [0.2, 0.25) is 0 Å². The number of carbonyl (C=O) groups is 1. The van der Waals surface area contributed by atoms with Crippen LogP contribution in [0.25, 0.3) is 0 Å². The first-order valence-corrected chi connectivity index (χ1v) is 8.00. The summed E-state index contributed by atoms with van der Waals surface area (Å²) in [5, 5.41) is 1.84. The van der Waals surface area contributed by atoms with Crippen molar-refractivity contribution >= 4 is 33.2 Å². The fourth-order valence-electron chi connectivity index (χ4n) is 2.10. The van der Waals surface area contributed by atoms with E-state index < -0.39 is 0 Å². The lowest BCUT2D eigenvalue weighted by Gasteiger charge is -2.28. The highest BCUT2D eigenvalue weighted by Gasteiger charge is 2.22. The Bertz CT molecular complexity index is 596. The molecule has 5 heteroatoms. The Labute approximate surface area is 130 Å². The van der Waals surface area contributed by atoms with Gasteiger partial charge in [0.25, 0.3) is 5.91 Å². The van der Waals surface area contributed by atoms with Gasteiger partial charge >= 0.3 is 0 Å². The summed E-state index contributed by atoms with van der Waals surface area (Å²) >= 11 is 4.86. The van der Waals surface area contributed by atoms with Gasteiger partial charge in [-0.2, -0.15) is 0 Å². The molecule has 0 N–H and O–H groups in total. The largest absolute Gasteiger partial charge is 0.332 e. The van der Waals surface area contributed by atoms with Crippen LogP contribution in [0, 0.1) is 5.82 Å². The van der Waals surface area contributed by atoms with E-state index in [-0.39, 0.29) is 17.8 Å². The van der Waals surface area contributed by atoms with Crippen molar-refractivity contribution in [2.24, 2.45) is 0 Å². The van der Waals surface area contributed by atoms with Gasteiger partial charge in [-0.15, -0.1) is 11.3 Å². The zero-order valence-electron chi connectivity index (χ0n) is 11.3. The van der Waals surface area contributed by atoms with Crippen molar-refractivity contribution in [3.63, 3.8) is 0 Å². The third-order valence-electron chi connectivity index (χ3n) is 3.24. The van der Waals surface area contributed by atoms with E-state index in [9.17, 15) is 9.18 Å². The number of hydrogen-bond donors (Lipinski definition) is 0. The Morgan fingerprint density at radius 1 is 1.40 bits per heavy atom. The van der Waals surface area contributed by atoms with Crippen LogP contribution in [-0.2, 0) is 0 Å². The lowest BCUT2D eigenvalue weighted by molar-refractivity contribution is 0.0703. The maximum Gasteiger partial charge on any atom is 0.255 e. The van der Waals surface area contributed by atoms with E-state index in [4.69, 9.17) is 0 Å². The molecule has 0 spiro atoms. The van der Waals surface area contributed by atoms with Gasteiger partial charge in [0.05, 0.1) is 15.4 Å². The van der Waals surface area contributed by atoms with Gasteiger partial charge in [0.2, 0.25) is 0 Å². The van der Waals surface area contributed by atoms with Gasteiger partial charge in [-0.1, -0.05) is 12.1 Å². The number of nitrogens with zero attached hydrogens (tertiary/aromatic N) is 1. The van der Waals surface area contributed by atoms with E-state index >= 15 is 0 Å². The SMILES string of the molecule is CCN(C(=O)c1csc(Br)c1)C(C)c1ccc(F)cc1. The first-order valence-electron chi connectivity index (χ1n) is 6.33. The van der Waals surface area contributed by atoms with Gasteiger partial charge in [0, 0.05) is 11.9 Å². The number of carbonyl (C=O) groups excluding carboxylic acids is 1. The number of benzene rings is 1. The highest BCUT2D eigenvalue weighted by Crippen LogP contribution is 2.26. The van der Waals surface area contributed by atoms with Gasteiger partial charge in [0.15, 0.2) is 0 Å². The standard InChI is InChI=1S/C15H15BrFNOS/c1-3-18(15(19)12-8-14(16)20-9-12)10(2)11-4-6-13(17)7-5-11/h4-10H,3H2,1-2H3. The summed E-state index contributed by atoms with van der Waals surface area (Å²) in [7, 11) is 0. The fraction of sp³-hybridized carbons (Fsp3) is 0.267. The molecule has 106 valence electrons. The highest BCUT2D eigenvalue weighted by molar-refractivity contribution is 9.11. The lowest BCUT2D eigenvalue weighted by Crippen LogP contribution is -2.33. The predicted molar refractivity (Wildman–Crippen MR) is 83.5 cm³/mol. The molecule has 0 radical (unpaired) electrons. The van der Waals surface area contributed by atoms with Crippen LogP contribution in [0.4, 0.5) is 4.39 Å². The van der Waals surface area contributed by atoms with Crippen LogP contribution >= 0.6 is 27.3 Å². The molecule has 1 atom stereocenters. The Kier molecular flexibility index (Phi) is 4.94. The minimum Gasteiger partial charge on any atom is -0.332 e. The van der Waals surface area contributed by atoms with Crippen molar-refractivity contribution in [1.29, 1.82) is 0 Å². The summed E-state index contributed by atoms with van der Waals surface area (Å²) in [6.45, 7) is 4.50. The Hall–Kier alpha value is -1.20. The molecule has 0 aliphatic rings. The zero-order chi connectivity index (χ0) is 14.7. The third-order valence-corrected chi connectivity index (χ3v) is 4.74. The molecule has 0 saturated carbocycles. The molecule has 1 aromatic heterocycles. The molecule has 0 saturated heterocycles. The number of amides is 1. The molecule has 2 nitrogen and oxygen atoms in total. The zero-order valence-corrected chi connectivity index (χ0v) is 13.7. The normalized spacial score (nSPS) is 12.2. The smallest absolute Gasteiger partial charge is 0.255 e. The van der Waals surface area contributed by atoms with E-state index in [1.807, 2.05) is 25.3 Å². The average molecular weight is 356 g/mol. The van der Waals surface area contributed by atoms with Gasteiger partial charge in [-0.3, -0.25) is 4.79 Å². The first kappa shape index (κ1) is 15.2. The Morgan fingerprint density at radius 3 is 2.55 bits per heavy atom. The molecule has 1 aromatic carbocycles. The summed E-state index contributed by atoms with van der Waals surface area (Å²) in [5.74, 6) is -0.275. The maximum absolute atomic E-state index is 13.0. The summed E-state index contributed by atoms with van der Waals surface area (Å²) in [4.78, 5) is 14.3. The van der Waals surface area contributed by atoms with E-state index in [2.05, 4.69) is 15.9 Å². The number of thiophene rings is 1. The van der Waals surface area contributed by atoms with Crippen LogP contribution in [0.5, 0.6) is 0 Å². The van der Waals surface area contributed by atoms with Crippen LogP contribution in [0.3, 0.4) is 0 Å². The maximum atomic E-state index is 13.0. The second kappa shape index (κ2) is 6.50. The number of rotatable bonds is 4. The summed E-state index contributed by atoms with van der Waals surface area (Å²) in [6, 6.07) is 8.02. The second-order valence-corrected chi connectivity index (χ2v) is 6.75. The highest BCUT2D eigenvalue weighted by atomic mass is 79.9. The molecule has 20 heavy (non-hydrogen) atoms. The van der Waals surface area contributed by atoms with Gasteiger partial charge in [0.1, 0.15) is 5.82 Å². The van der Waals surface area contributed by atoms with E-state index in [0.29, 0.717) is 12.1 Å². The van der Waals surface area contributed by atoms with Crippen molar-refractivity contribution in [2.45, 2.75) is 19.9 Å². The second-order valence-electron chi connectivity index (χ2n) is 4.46. The molecule has 1 heterocycles. The lowest BCUT2D eigenvalue weighted by atomic mass is 10.1. The van der Waals surface area contributed by atoms with Gasteiger partial charge < -0.3 is 4.90 Å². The fourth-order valence-corrected chi connectivity index (χ4v) is 3.23. The molecule has 2 rings (SSSR count). The van der Waals surface area contributed by atoms with Crippen LogP contribution in [-0.4, -0.2) is 17.4 Å². The number of halogens is 2. The van der Waals surface area contributed by atoms with E-state index in [1.54, 1.807) is 17.0 Å². The quantitative estimate of drug-likeness (QED) is 0.765. The molecular weight excluding hydrogens is 341 g/mol. The van der Waals surface area contributed by atoms with Crippen LogP contribution in [0.1, 0.15) is 35.8 Å². The van der Waals surface area contributed by atoms with Crippen molar-refractivity contribution in [3.05, 3.63) is 56.4 Å². The molecule has 2 aromatic rings. The third kappa shape index (κ3) is 3.27. The van der Waals surface area contributed by atoms with Crippen molar-refractivity contribution in [2.75, 3.05) is 6.54 Å².